The maximum absolute atomic E-state index is 12.9. The summed E-state index contributed by atoms with van der Waals surface area (Å²) in [4.78, 5) is 10.4. The Morgan fingerprint density at radius 2 is 1.68 bits per heavy atom. The minimum atomic E-state index is -3.67. The van der Waals surface area contributed by atoms with Gasteiger partial charge in [-0.1, -0.05) is 48.5 Å². The van der Waals surface area contributed by atoms with Gasteiger partial charge in [-0.2, -0.15) is 0 Å². The third-order valence-electron chi connectivity index (χ3n) is 7.00. The Morgan fingerprint density at radius 3 is 2.41 bits per heavy atom. The van der Waals surface area contributed by atoms with E-state index in [4.69, 9.17) is 4.98 Å². The SMILES string of the molecule is CN(C)CCCNc1ccc(-c2cnc3[nH]c4ccc(NS(=O)(=O)c5cccs5)cc4c3c2-c2ccccc2)cc1. The molecule has 9 heteroatoms. The predicted octanol–water partition coefficient (Wildman–Crippen LogP) is 7.28. The van der Waals surface area contributed by atoms with Crippen molar-refractivity contribution in [1.29, 1.82) is 0 Å². The second-order valence-corrected chi connectivity index (χ2v) is 13.1. The number of H-pyrrole nitrogens is 1. The fraction of sp³-hybridized carbons (Fsp3) is 0.156. The quantitative estimate of drug-likeness (QED) is 0.148. The lowest BCUT2D eigenvalue weighted by molar-refractivity contribution is 0.405. The molecule has 0 aliphatic carbocycles. The molecule has 0 aliphatic heterocycles. The molecule has 3 N–H and O–H groups in total. The van der Waals surface area contributed by atoms with Crippen molar-refractivity contribution in [3.05, 3.63) is 96.5 Å². The molecule has 208 valence electrons. The average molecular weight is 582 g/mol. The molecule has 7 nitrogen and oxygen atoms in total. The Bertz CT molecular complexity index is 1900. The zero-order chi connectivity index (χ0) is 28.4. The zero-order valence-corrected chi connectivity index (χ0v) is 24.5. The van der Waals surface area contributed by atoms with E-state index < -0.39 is 10.0 Å². The highest BCUT2D eigenvalue weighted by atomic mass is 32.2. The highest BCUT2D eigenvalue weighted by molar-refractivity contribution is 7.94. The van der Waals surface area contributed by atoms with Gasteiger partial charge in [-0.3, -0.25) is 4.72 Å². The summed E-state index contributed by atoms with van der Waals surface area (Å²) in [5.41, 5.74) is 7.39. The van der Waals surface area contributed by atoms with Crippen LogP contribution in [0.25, 0.3) is 44.2 Å². The number of pyridine rings is 1. The molecule has 3 aromatic heterocycles. The Labute approximate surface area is 243 Å². The monoisotopic (exact) mass is 581 g/mol. The number of hydrogen-bond acceptors (Lipinski definition) is 6. The molecule has 3 aromatic carbocycles. The van der Waals surface area contributed by atoms with Crippen LogP contribution in [0.1, 0.15) is 6.42 Å². The van der Waals surface area contributed by atoms with Gasteiger partial charge in [-0.15, -0.1) is 11.3 Å². The van der Waals surface area contributed by atoms with Crippen LogP contribution in [0.2, 0.25) is 0 Å². The Hall–Kier alpha value is -4.18. The molecule has 0 spiro atoms. The molecular weight excluding hydrogens is 551 g/mol. The van der Waals surface area contributed by atoms with Crippen molar-refractivity contribution >= 4 is 54.7 Å². The molecule has 6 aromatic rings. The number of nitrogens with one attached hydrogen (secondary N) is 3. The van der Waals surface area contributed by atoms with Crippen molar-refractivity contribution in [2.75, 3.05) is 37.2 Å². The normalized spacial score (nSPS) is 11.9. The third-order valence-corrected chi connectivity index (χ3v) is 9.78. The van der Waals surface area contributed by atoms with Gasteiger partial charge >= 0.3 is 0 Å². The van der Waals surface area contributed by atoms with Crippen molar-refractivity contribution in [2.24, 2.45) is 0 Å². The second-order valence-electron chi connectivity index (χ2n) is 10.2. The number of thiophene rings is 1. The number of nitrogens with zero attached hydrogens (tertiary/aromatic N) is 2. The van der Waals surface area contributed by atoms with Crippen LogP contribution in [0.5, 0.6) is 0 Å². The Balaban J connectivity index is 1.43. The zero-order valence-electron chi connectivity index (χ0n) is 22.9. The first-order valence-corrected chi connectivity index (χ1v) is 15.8. The van der Waals surface area contributed by atoms with Crippen LogP contribution < -0.4 is 10.0 Å². The van der Waals surface area contributed by atoms with Crippen LogP contribution in [0.4, 0.5) is 11.4 Å². The highest BCUT2D eigenvalue weighted by Gasteiger charge is 2.19. The average Bonchev–Trinajstić information content (AvgIpc) is 3.65. The number of rotatable bonds is 10. The predicted molar refractivity (Wildman–Crippen MR) is 171 cm³/mol. The van der Waals surface area contributed by atoms with Gasteiger partial charge in [0.05, 0.1) is 0 Å². The largest absolute Gasteiger partial charge is 0.385 e. The maximum Gasteiger partial charge on any atom is 0.271 e. The van der Waals surface area contributed by atoms with Crippen LogP contribution in [0.3, 0.4) is 0 Å². The lowest BCUT2D eigenvalue weighted by Gasteiger charge is -2.14. The summed E-state index contributed by atoms with van der Waals surface area (Å²) >= 11 is 1.19. The van der Waals surface area contributed by atoms with E-state index in [1.165, 1.54) is 11.3 Å². The Kier molecular flexibility index (Phi) is 7.49. The van der Waals surface area contributed by atoms with Gasteiger partial charge in [0, 0.05) is 51.5 Å². The van der Waals surface area contributed by atoms with Crippen LogP contribution in [0, 0.1) is 0 Å². The van der Waals surface area contributed by atoms with Gasteiger partial charge in [0.2, 0.25) is 0 Å². The summed E-state index contributed by atoms with van der Waals surface area (Å²) in [6.45, 7) is 1.95. The number of sulfonamides is 1. The first kappa shape index (κ1) is 27.0. The summed E-state index contributed by atoms with van der Waals surface area (Å²) in [6, 6.07) is 27.6. The first-order chi connectivity index (χ1) is 19.9. The smallest absolute Gasteiger partial charge is 0.271 e. The Morgan fingerprint density at radius 1 is 0.902 bits per heavy atom. The van der Waals surface area contributed by atoms with E-state index in [0.29, 0.717) is 5.69 Å². The van der Waals surface area contributed by atoms with Gasteiger partial charge in [0.1, 0.15) is 9.86 Å². The van der Waals surface area contributed by atoms with E-state index in [9.17, 15) is 8.42 Å². The van der Waals surface area contributed by atoms with Crippen molar-refractivity contribution in [3.8, 4) is 22.3 Å². The first-order valence-electron chi connectivity index (χ1n) is 13.4. The van der Waals surface area contributed by atoms with Crippen molar-refractivity contribution < 1.29 is 8.42 Å². The molecule has 0 fully saturated rings. The van der Waals surface area contributed by atoms with E-state index in [0.717, 1.165) is 69.4 Å². The molecule has 6 rings (SSSR count). The molecule has 3 heterocycles. The summed E-state index contributed by atoms with van der Waals surface area (Å²) in [5.74, 6) is 0. The van der Waals surface area contributed by atoms with Crippen LogP contribution in [-0.4, -0.2) is 50.5 Å². The molecule has 0 saturated carbocycles. The van der Waals surface area contributed by atoms with E-state index in [-0.39, 0.29) is 4.21 Å². The lowest BCUT2D eigenvalue weighted by Crippen LogP contribution is -2.16. The fourth-order valence-corrected chi connectivity index (χ4v) is 7.10. The van der Waals surface area contributed by atoms with E-state index >= 15 is 0 Å². The summed E-state index contributed by atoms with van der Waals surface area (Å²) in [7, 11) is 0.500. The number of fused-ring (bicyclic) bond motifs is 3. The lowest BCUT2D eigenvalue weighted by atomic mass is 9.92. The van der Waals surface area contributed by atoms with Gasteiger partial charge in [-0.05, 0) is 80.0 Å². The second kappa shape index (κ2) is 11.4. The molecule has 0 unspecified atom stereocenters. The van der Waals surface area contributed by atoms with Gasteiger partial charge in [0.25, 0.3) is 10.0 Å². The topological polar surface area (TPSA) is 90.1 Å². The maximum atomic E-state index is 12.9. The van der Waals surface area contributed by atoms with Crippen LogP contribution >= 0.6 is 11.3 Å². The molecular formula is C32H31N5O2S2. The minimum Gasteiger partial charge on any atom is -0.385 e. The summed E-state index contributed by atoms with van der Waals surface area (Å²) in [6.07, 6.45) is 2.99. The van der Waals surface area contributed by atoms with Gasteiger partial charge in [0.15, 0.2) is 0 Å². The van der Waals surface area contributed by atoms with Crippen LogP contribution in [0.15, 0.2) is 101 Å². The fourth-order valence-electron chi connectivity index (χ4n) is 5.06. The molecule has 0 bridgehead atoms. The van der Waals surface area contributed by atoms with Crippen molar-refractivity contribution in [3.63, 3.8) is 0 Å². The standard InChI is InChI=1S/C32H31N5O2S2/c1-37(2)18-7-17-33-24-13-11-22(12-14-24)27-21-34-32-31(30(27)23-8-4-3-5-9-23)26-20-25(15-16-28(26)35-32)36-41(38,39)29-10-6-19-40-29/h3-6,8-16,19-21,33,36H,7,17-18H2,1-2H3,(H,34,35). The van der Waals surface area contributed by atoms with Gasteiger partial charge in [-0.25, -0.2) is 13.4 Å². The summed E-state index contributed by atoms with van der Waals surface area (Å²) < 4.78 is 28.9. The van der Waals surface area contributed by atoms with Crippen molar-refractivity contribution in [1.82, 2.24) is 14.9 Å². The molecule has 0 saturated heterocycles. The molecule has 41 heavy (non-hydrogen) atoms. The minimum absolute atomic E-state index is 0.279. The number of benzene rings is 3. The molecule has 0 amide bonds. The molecule has 0 radical (unpaired) electrons. The molecule has 0 aliphatic rings. The van der Waals surface area contributed by atoms with Gasteiger partial charge < -0.3 is 15.2 Å². The number of anilines is 2. The van der Waals surface area contributed by atoms with Crippen molar-refractivity contribution in [2.45, 2.75) is 10.6 Å². The van der Waals surface area contributed by atoms with Crippen LogP contribution in [-0.2, 0) is 10.0 Å². The summed E-state index contributed by atoms with van der Waals surface area (Å²) in [5, 5.41) is 7.11. The molecule has 0 atom stereocenters. The van der Waals surface area contributed by atoms with E-state index in [1.54, 1.807) is 23.6 Å². The number of aromatic nitrogens is 2. The number of hydrogen-bond donors (Lipinski definition) is 3. The van der Waals surface area contributed by atoms with E-state index in [2.05, 4.69) is 70.4 Å². The van der Waals surface area contributed by atoms with E-state index in [1.807, 2.05) is 36.5 Å². The third kappa shape index (κ3) is 5.69. The number of aromatic amines is 1. The highest BCUT2D eigenvalue weighted by Crippen LogP contribution is 2.41.